The molecular weight excluding hydrogens is 370 g/mol. The van der Waals surface area contributed by atoms with Gasteiger partial charge in [-0.3, -0.25) is 4.79 Å². The molecule has 1 aliphatic rings. The van der Waals surface area contributed by atoms with Crippen LogP contribution in [0.3, 0.4) is 0 Å². The Bertz CT molecular complexity index is 1020. The van der Waals surface area contributed by atoms with Crippen molar-refractivity contribution in [3.05, 3.63) is 53.6 Å². The molecule has 1 aliphatic carbocycles. The van der Waals surface area contributed by atoms with Gasteiger partial charge in [0, 0.05) is 5.56 Å². The molecule has 0 saturated carbocycles. The highest BCUT2D eigenvalue weighted by molar-refractivity contribution is 5.76. The third kappa shape index (κ3) is 4.06. The van der Waals surface area contributed by atoms with Crippen LogP contribution in [0.1, 0.15) is 30.0 Å². The summed E-state index contributed by atoms with van der Waals surface area (Å²) >= 11 is 0. The lowest BCUT2D eigenvalue weighted by molar-refractivity contribution is -0.122. The van der Waals surface area contributed by atoms with Gasteiger partial charge in [-0.05, 0) is 53.8 Å². The fraction of sp³-hybridized carbons (Fsp3) is 0.333. The molecule has 1 amide bonds. The average molecular weight is 393 g/mol. The first kappa shape index (κ1) is 18.9. The standard InChI is InChI=1S/C21H23N5O3/c1-28-18-11-10-15(12-19(18)29-2)21-23-25-26(24-21)13-20(27)22-17-9-5-7-14-6-3-4-8-16(14)17/h3-4,6,8,10-12,17H,5,7,9,13H2,1-2H3,(H,22,27)/t17-/m1/s1. The SMILES string of the molecule is COc1ccc(-c2nnn(CC(=O)N[C@@H]3CCCc4ccccc43)n2)cc1OC. The number of carbonyl (C=O) groups is 1. The molecular formula is C21H23N5O3. The zero-order valence-corrected chi connectivity index (χ0v) is 16.5. The molecule has 0 unspecified atom stereocenters. The fourth-order valence-corrected chi connectivity index (χ4v) is 3.67. The van der Waals surface area contributed by atoms with E-state index in [1.54, 1.807) is 26.4 Å². The molecule has 4 rings (SSSR count). The minimum atomic E-state index is -0.136. The van der Waals surface area contributed by atoms with E-state index in [4.69, 9.17) is 9.47 Å². The van der Waals surface area contributed by atoms with E-state index >= 15 is 0 Å². The van der Waals surface area contributed by atoms with E-state index in [1.165, 1.54) is 15.9 Å². The summed E-state index contributed by atoms with van der Waals surface area (Å²) in [7, 11) is 3.15. The molecule has 1 aromatic heterocycles. The van der Waals surface area contributed by atoms with Crippen LogP contribution in [0.4, 0.5) is 0 Å². The molecule has 8 heteroatoms. The second-order valence-electron chi connectivity index (χ2n) is 6.92. The Balaban J connectivity index is 1.44. The Kier molecular flexibility index (Phi) is 5.41. The molecule has 2 aromatic carbocycles. The second kappa shape index (κ2) is 8.30. The van der Waals surface area contributed by atoms with Crippen LogP contribution in [0.5, 0.6) is 11.5 Å². The van der Waals surface area contributed by atoms with Crippen LogP contribution in [0.2, 0.25) is 0 Å². The van der Waals surface area contributed by atoms with Crippen LogP contribution in [0.15, 0.2) is 42.5 Å². The molecule has 0 saturated heterocycles. The van der Waals surface area contributed by atoms with E-state index in [0.29, 0.717) is 17.3 Å². The highest BCUT2D eigenvalue weighted by atomic mass is 16.5. The third-order valence-corrected chi connectivity index (χ3v) is 5.08. The minimum absolute atomic E-state index is 0.0129. The largest absolute Gasteiger partial charge is 0.493 e. The Morgan fingerprint density at radius 1 is 1.17 bits per heavy atom. The number of aromatic nitrogens is 4. The number of hydrogen-bond acceptors (Lipinski definition) is 6. The quantitative estimate of drug-likeness (QED) is 0.692. The van der Waals surface area contributed by atoms with Crippen molar-refractivity contribution in [2.45, 2.75) is 31.8 Å². The summed E-state index contributed by atoms with van der Waals surface area (Å²) in [6.07, 6.45) is 3.05. The van der Waals surface area contributed by atoms with Crippen molar-refractivity contribution < 1.29 is 14.3 Å². The van der Waals surface area contributed by atoms with Gasteiger partial charge < -0.3 is 14.8 Å². The lowest BCUT2D eigenvalue weighted by Crippen LogP contribution is -2.34. The number of methoxy groups -OCH3 is 2. The van der Waals surface area contributed by atoms with Crippen molar-refractivity contribution in [3.63, 3.8) is 0 Å². The highest BCUT2D eigenvalue weighted by Gasteiger charge is 2.22. The molecule has 29 heavy (non-hydrogen) atoms. The van der Waals surface area contributed by atoms with Crippen LogP contribution in [-0.4, -0.2) is 40.3 Å². The van der Waals surface area contributed by atoms with Crippen molar-refractivity contribution in [2.24, 2.45) is 0 Å². The van der Waals surface area contributed by atoms with Gasteiger partial charge in [-0.1, -0.05) is 24.3 Å². The van der Waals surface area contributed by atoms with Crippen molar-refractivity contribution >= 4 is 5.91 Å². The summed E-state index contributed by atoms with van der Waals surface area (Å²) < 4.78 is 10.6. The van der Waals surface area contributed by atoms with Crippen LogP contribution in [0, 0.1) is 0 Å². The number of ether oxygens (including phenoxy) is 2. The molecule has 3 aromatic rings. The number of nitrogens with one attached hydrogen (secondary N) is 1. The van der Waals surface area contributed by atoms with Gasteiger partial charge in [0.05, 0.1) is 20.3 Å². The van der Waals surface area contributed by atoms with Gasteiger partial charge in [-0.2, -0.15) is 4.80 Å². The lowest BCUT2D eigenvalue weighted by Gasteiger charge is -2.26. The van der Waals surface area contributed by atoms with Gasteiger partial charge in [0.25, 0.3) is 0 Å². The van der Waals surface area contributed by atoms with Gasteiger partial charge in [-0.25, -0.2) is 0 Å². The maximum absolute atomic E-state index is 12.5. The smallest absolute Gasteiger partial charge is 0.244 e. The van der Waals surface area contributed by atoms with Crippen molar-refractivity contribution in [1.82, 2.24) is 25.5 Å². The molecule has 1 atom stereocenters. The number of amides is 1. The van der Waals surface area contributed by atoms with Gasteiger partial charge in [0.2, 0.25) is 11.7 Å². The fourth-order valence-electron chi connectivity index (χ4n) is 3.67. The molecule has 0 bridgehead atoms. The molecule has 1 heterocycles. The van der Waals surface area contributed by atoms with E-state index in [-0.39, 0.29) is 18.5 Å². The summed E-state index contributed by atoms with van der Waals surface area (Å²) in [6, 6.07) is 13.7. The lowest BCUT2D eigenvalue weighted by atomic mass is 9.88. The zero-order valence-electron chi connectivity index (χ0n) is 16.5. The molecule has 0 fully saturated rings. The van der Waals surface area contributed by atoms with Crippen LogP contribution < -0.4 is 14.8 Å². The predicted molar refractivity (Wildman–Crippen MR) is 107 cm³/mol. The monoisotopic (exact) mass is 393 g/mol. The van der Waals surface area contributed by atoms with Gasteiger partial charge in [0.1, 0.15) is 6.54 Å². The van der Waals surface area contributed by atoms with Gasteiger partial charge >= 0.3 is 0 Å². The van der Waals surface area contributed by atoms with Crippen molar-refractivity contribution in [1.29, 1.82) is 0 Å². The Morgan fingerprint density at radius 2 is 2.00 bits per heavy atom. The number of rotatable bonds is 6. The molecule has 0 aliphatic heterocycles. The predicted octanol–water partition coefficient (Wildman–Crippen LogP) is 2.55. The first-order valence-corrected chi connectivity index (χ1v) is 9.55. The minimum Gasteiger partial charge on any atom is -0.493 e. The molecule has 0 radical (unpaired) electrons. The van der Waals surface area contributed by atoms with Gasteiger partial charge in [-0.15, -0.1) is 10.2 Å². The maximum Gasteiger partial charge on any atom is 0.244 e. The number of tetrazole rings is 1. The summed E-state index contributed by atoms with van der Waals surface area (Å²) in [5, 5.41) is 15.5. The second-order valence-corrected chi connectivity index (χ2v) is 6.92. The van der Waals surface area contributed by atoms with Gasteiger partial charge in [0.15, 0.2) is 11.5 Å². The summed E-state index contributed by atoms with van der Waals surface area (Å²) in [4.78, 5) is 13.8. The first-order valence-electron chi connectivity index (χ1n) is 9.55. The van der Waals surface area contributed by atoms with Crippen LogP contribution in [0.25, 0.3) is 11.4 Å². The first-order chi connectivity index (χ1) is 14.2. The van der Waals surface area contributed by atoms with Crippen molar-refractivity contribution in [2.75, 3.05) is 14.2 Å². The highest BCUT2D eigenvalue weighted by Crippen LogP contribution is 2.31. The zero-order chi connectivity index (χ0) is 20.2. The number of aryl methyl sites for hydroxylation is 1. The summed E-state index contributed by atoms with van der Waals surface area (Å²) in [5.41, 5.74) is 3.24. The molecule has 1 N–H and O–H groups in total. The molecule has 8 nitrogen and oxygen atoms in total. The van der Waals surface area contributed by atoms with Crippen LogP contribution >= 0.6 is 0 Å². The summed E-state index contributed by atoms with van der Waals surface area (Å²) in [5.74, 6) is 1.48. The maximum atomic E-state index is 12.5. The van der Waals surface area contributed by atoms with Crippen LogP contribution in [-0.2, 0) is 17.8 Å². The number of carbonyl (C=O) groups excluding carboxylic acids is 1. The number of fused-ring (bicyclic) bond motifs is 1. The number of nitrogens with zero attached hydrogens (tertiary/aromatic N) is 4. The Morgan fingerprint density at radius 3 is 2.83 bits per heavy atom. The molecule has 150 valence electrons. The van der Waals surface area contributed by atoms with E-state index in [1.807, 2.05) is 18.2 Å². The third-order valence-electron chi connectivity index (χ3n) is 5.08. The van der Waals surface area contributed by atoms with E-state index in [9.17, 15) is 4.79 Å². The topological polar surface area (TPSA) is 91.2 Å². The van der Waals surface area contributed by atoms with E-state index in [2.05, 4.69) is 32.9 Å². The normalized spacial score (nSPS) is 15.4. The number of hydrogen-bond donors (Lipinski definition) is 1. The van der Waals surface area contributed by atoms with E-state index < -0.39 is 0 Å². The average Bonchev–Trinajstić information content (AvgIpc) is 3.21. The van der Waals surface area contributed by atoms with Crippen molar-refractivity contribution in [3.8, 4) is 22.9 Å². The van der Waals surface area contributed by atoms with E-state index in [0.717, 1.165) is 24.8 Å². The molecule has 0 spiro atoms. The Hall–Kier alpha value is -3.42. The summed E-state index contributed by atoms with van der Waals surface area (Å²) in [6.45, 7) is 0.0129. The number of benzene rings is 2. The Labute approximate surface area is 168 Å².